The molecule has 0 aliphatic carbocycles. The summed E-state index contributed by atoms with van der Waals surface area (Å²) < 4.78 is 0. The minimum Gasteiger partial charge on any atom is -0.361 e. The molecule has 1 aromatic carbocycles. The summed E-state index contributed by atoms with van der Waals surface area (Å²) in [5.74, 6) is 0. The lowest BCUT2D eigenvalue weighted by molar-refractivity contribution is 1.33. The summed E-state index contributed by atoms with van der Waals surface area (Å²) >= 11 is 6.05. The number of pyridine rings is 1. The number of H-pyrrole nitrogens is 1. The molecule has 0 unspecified atom stereocenters. The number of benzene rings is 1. The van der Waals surface area contributed by atoms with E-state index in [-0.39, 0.29) is 0 Å². The van der Waals surface area contributed by atoms with Gasteiger partial charge in [0.1, 0.15) is 5.15 Å². The average molecular weight is 243 g/mol. The van der Waals surface area contributed by atoms with Crippen LogP contribution in [0.5, 0.6) is 0 Å². The highest BCUT2D eigenvalue weighted by Gasteiger charge is 2.09. The van der Waals surface area contributed by atoms with Crippen LogP contribution >= 0.6 is 11.6 Å². The van der Waals surface area contributed by atoms with Gasteiger partial charge >= 0.3 is 0 Å². The zero-order valence-electron chi connectivity index (χ0n) is 9.37. The van der Waals surface area contributed by atoms with Gasteiger partial charge in [0, 0.05) is 17.1 Å². The summed E-state index contributed by atoms with van der Waals surface area (Å²) in [7, 11) is 0. The van der Waals surface area contributed by atoms with E-state index in [4.69, 9.17) is 11.6 Å². The number of fused-ring (bicyclic) bond motifs is 1. The molecule has 0 saturated heterocycles. The Kier molecular flexibility index (Phi) is 2.37. The van der Waals surface area contributed by atoms with Crippen molar-refractivity contribution >= 4 is 22.5 Å². The minimum atomic E-state index is 0.512. The molecule has 2 aromatic heterocycles. The van der Waals surface area contributed by atoms with Gasteiger partial charge in [-0.3, -0.25) is 0 Å². The molecule has 0 amide bonds. The first kappa shape index (κ1) is 10.4. The lowest BCUT2D eigenvalue weighted by atomic mass is 10.0. The average Bonchev–Trinajstić information content (AvgIpc) is 2.76. The predicted octanol–water partition coefficient (Wildman–Crippen LogP) is 4.19. The second kappa shape index (κ2) is 3.90. The molecule has 2 heterocycles. The van der Waals surface area contributed by atoms with Gasteiger partial charge in [0.05, 0.1) is 11.2 Å². The summed E-state index contributed by atoms with van der Waals surface area (Å²) in [6.07, 6.45) is 1.91. The number of aromatic nitrogens is 2. The van der Waals surface area contributed by atoms with E-state index < -0.39 is 0 Å². The summed E-state index contributed by atoms with van der Waals surface area (Å²) in [6, 6.07) is 12.1. The van der Waals surface area contributed by atoms with Crippen LogP contribution in [0.15, 0.2) is 42.6 Å². The normalized spacial score (nSPS) is 10.9. The Labute approximate surface area is 104 Å². The van der Waals surface area contributed by atoms with Gasteiger partial charge in [-0.25, -0.2) is 4.98 Å². The van der Waals surface area contributed by atoms with Gasteiger partial charge in [-0.05, 0) is 24.6 Å². The van der Waals surface area contributed by atoms with Crippen molar-refractivity contribution in [2.75, 3.05) is 0 Å². The van der Waals surface area contributed by atoms with Crippen LogP contribution in [0.1, 0.15) is 5.56 Å². The molecule has 0 saturated carbocycles. The largest absolute Gasteiger partial charge is 0.361 e. The topological polar surface area (TPSA) is 28.7 Å². The fraction of sp³-hybridized carbons (Fsp3) is 0.0714. The molecule has 3 aromatic rings. The van der Waals surface area contributed by atoms with Crippen LogP contribution in [0.4, 0.5) is 0 Å². The van der Waals surface area contributed by atoms with Crippen LogP contribution in [-0.2, 0) is 0 Å². The number of hydrogen-bond acceptors (Lipinski definition) is 1. The number of rotatable bonds is 1. The van der Waals surface area contributed by atoms with E-state index in [1.165, 1.54) is 5.56 Å². The van der Waals surface area contributed by atoms with Gasteiger partial charge in [0.25, 0.3) is 0 Å². The number of hydrogen-bond donors (Lipinski definition) is 1. The van der Waals surface area contributed by atoms with E-state index in [1.54, 1.807) is 0 Å². The van der Waals surface area contributed by atoms with Gasteiger partial charge in [-0.15, -0.1) is 0 Å². The van der Waals surface area contributed by atoms with Gasteiger partial charge < -0.3 is 4.98 Å². The molecule has 84 valence electrons. The summed E-state index contributed by atoms with van der Waals surface area (Å²) in [5.41, 5.74) is 4.28. The van der Waals surface area contributed by atoms with Gasteiger partial charge in [0.15, 0.2) is 0 Å². The molecule has 0 bridgehead atoms. The first-order valence-electron chi connectivity index (χ1n) is 5.45. The smallest absolute Gasteiger partial charge is 0.131 e. The van der Waals surface area contributed by atoms with Crippen molar-refractivity contribution in [1.82, 2.24) is 9.97 Å². The molecule has 0 radical (unpaired) electrons. The molecular formula is C14H11ClN2. The van der Waals surface area contributed by atoms with Gasteiger partial charge in [-0.1, -0.05) is 35.9 Å². The van der Waals surface area contributed by atoms with Crippen molar-refractivity contribution in [3.63, 3.8) is 0 Å². The Morgan fingerprint density at radius 2 is 2.00 bits per heavy atom. The summed E-state index contributed by atoms with van der Waals surface area (Å²) in [5, 5.41) is 1.61. The van der Waals surface area contributed by atoms with E-state index >= 15 is 0 Å². The zero-order chi connectivity index (χ0) is 11.8. The van der Waals surface area contributed by atoms with Gasteiger partial charge in [0.2, 0.25) is 0 Å². The lowest BCUT2D eigenvalue weighted by Gasteiger charge is -2.06. The zero-order valence-corrected chi connectivity index (χ0v) is 10.1. The number of aromatic amines is 1. The Bertz CT molecular complexity index is 686. The standard InChI is InChI=1S/C14H11ClN2/c1-9-4-2-3-5-10(9)14-11-6-7-16-12(11)8-13(15)17-14/h2-8,16H,1H3. The molecule has 0 atom stereocenters. The fourth-order valence-electron chi connectivity index (χ4n) is 2.07. The van der Waals surface area contributed by atoms with Gasteiger partial charge in [-0.2, -0.15) is 0 Å². The molecule has 3 rings (SSSR count). The molecule has 0 fully saturated rings. The lowest BCUT2D eigenvalue weighted by Crippen LogP contribution is -1.88. The van der Waals surface area contributed by atoms with Crippen LogP contribution in [0.25, 0.3) is 22.2 Å². The van der Waals surface area contributed by atoms with E-state index in [9.17, 15) is 0 Å². The van der Waals surface area contributed by atoms with Crippen molar-refractivity contribution in [2.24, 2.45) is 0 Å². The molecular weight excluding hydrogens is 232 g/mol. The van der Waals surface area contributed by atoms with Crippen LogP contribution < -0.4 is 0 Å². The third kappa shape index (κ3) is 1.71. The highest BCUT2D eigenvalue weighted by atomic mass is 35.5. The molecule has 0 spiro atoms. The summed E-state index contributed by atoms with van der Waals surface area (Å²) in [6.45, 7) is 2.08. The fourth-order valence-corrected chi connectivity index (χ4v) is 2.26. The van der Waals surface area contributed by atoms with Crippen molar-refractivity contribution < 1.29 is 0 Å². The van der Waals surface area contributed by atoms with Crippen LogP contribution in [0.2, 0.25) is 5.15 Å². The summed E-state index contributed by atoms with van der Waals surface area (Å²) in [4.78, 5) is 7.62. The maximum absolute atomic E-state index is 6.05. The highest BCUT2D eigenvalue weighted by Crippen LogP contribution is 2.30. The number of nitrogens with one attached hydrogen (secondary N) is 1. The second-order valence-corrected chi connectivity index (χ2v) is 4.43. The Balaban J connectivity index is 2.37. The van der Waals surface area contributed by atoms with E-state index in [2.05, 4.69) is 29.0 Å². The minimum absolute atomic E-state index is 0.512. The maximum atomic E-state index is 6.05. The van der Waals surface area contributed by atoms with Crippen molar-refractivity contribution in [3.05, 3.63) is 53.3 Å². The number of nitrogens with zero attached hydrogens (tertiary/aromatic N) is 1. The molecule has 2 nitrogen and oxygen atoms in total. The SMILES string of the molecule is Cc1ccccc1-c1nc(Cl)cc2[nH]ccc12. The Morgan fingerprint density at radius 3 is 2.82 bits per heavy atom. The first-order valence-corrected chi connectivity index (χ1v) is 5.83. The molecule has 0 aliphatic rings. The molecule has 1 N–H and O–H groups in total. The van der Waals surface area contributed by atoms with E-state index in [0.717, 1.165) is 22.2 Å². The van der Waals surface area contributed by atoms with Crippen molar-refractivity contribution in [2.45, 2.75) is 6.92 Å². The number of aryl methyl sites for hydroxylation is 1. The van der Waals surface area contributed by atoms with Crippen LogP contribution in [0.3, 0.4) is 0 Å². The van der Waals surface area contributed by atoms with E-state index in [1.807, 2.05) is 30.5 Å². The van der Waals surface area contributed by atoms with Crippen molar-refractivity contribution in [1.29, 1.82) is 0 Å². The quantitative estimate of drug-likeness (QED) is 0.637. The third-order valence-corrected chi connectivity index (χ3v) is 3.11. The second-order valence-electron chi connectivity index (χ2n) is 4.05. The Morgan fingerprint density at radius 1 is 1.18 bits per heavy atom. The monoisotopic (exact) mass is 242 g/mol. The van der Waals surface area contributed by atoms with E-state index in [0.29, 0.717) is 5.15 Å². The molecule has 17 heavy (non-hydrogen) atoms. The predicted molar refractivity (Wildman–Crippen MR) is 71.3 cm³/mol. The first-order chi connectivity index (χ1) is 8.25. The van der Waals surface area contributed by atoms with Crippen LogP contribution in [-0.4, -0.2) is 9.97 Å². The molecule has 0 aliphatic heterocycles. The highest BCUT2D eigenvalue weighted by molar-refractivity contribution is 6.30. The van der Waals surface area contributed by atoms with Crippen LogP contribution in [0, 0.1) is 6.92 Å². The maximum Gasteiger partial charge on any atom is 0.131 e. The number of halogens is 1. The van der Waals surface area contributed by atoms with Crippen molar-refractivity contribution in [3.8, 4) is 11.3 Å². The molecule has 3 heteroatoms. The third-order valence-electron chi connectivity index (χ3n) is 2.92. The Hall–Kier alpha value is -1.80.